The molecule has 2 atom stereocenters. The summed E-state index contributed by atoms with van der Waals surface area (Å²) in [4.78, 5) is 3.27. The predicted octanol–water partition coefficient (Wildman–Crippen LogP) is 3.48. The highest BCUT2D eigenvalue weighted by Crippen LogP contribution is 2.27. The normalized spacial score (nSPS) is 27.2. The van der Waals surface area contributed by atoms with Crippen molar-refractivity contribution >= 4 is 22.5 Å². The lowest BCUT2D eigenvalue weighted by molar-refractivity contribution is 0.0882. The fourth-order valence-electron chi connectivity index (χ4n) is 2.67. The second kappa shape index (κ2) is 4.82. The van der Waals surface area contributed by atoms with Gasteiger partial charge in [0.05, 0.1) is 6.10 Å². The number of aromatic nitrogens is 1. The molecule has 4 heteroatoms. The maximum Gasteiger partial charge on any atom is 0.0726 e. The summed E-state index contributed by atoms with van der Waals surface area (Å²) in [7, 11) is 0. The highest BCUT2D eigenvalue weighted by Gasteiger charge is 2.36. The lowest BCUT2D eigenvalue weighted by atomic mass is 9.94. The third-order valence-corrected chi connectivity index (χ3v) is 4.53. The molecule has 19 heavy (non-hydrogen) atoms. The summed E-state index contributed by atoms with van der Waals surface area (Å²) in [6, 6.07) is 5.97. The van der Waals surface area contributed by atoms with Crippen molar-refractivity contribution in [3.8, 4) is 0 Å². The molecule has 0 radical (unpaired) electrons. The van der Waals surface area contributed by atoms with E-state index >= 15 is 0 Å². The van der Waals surface area contributed by atoms with E-state index in [9.17, 15) is 0 Å². The summed E-state index contributed by atoms with van der Waals surface area (Å²) in [5.74, 6) is 0. The SMILES string of the molecule is CC1OCCC1(C)NCc1c[nH]c2cc(Cl)ccc12. The monoisotopic (exact) mass is 278 g/mol. The minimum atomic E-state index is 0.0655. The van der Waals surface area contributed by atoms with Crippen molar-refractivity contribution in [1.29, 1.82) is 0 Å². The first kappa shape index (κ1) is 13.0. The van der Waals surface area contributed by atoms with Crippen LogP contribution in [-0.4, -0.2) is 23.2 Å². The summed E-state index contributed by atoms with van der Waals surface area (Å²) < 4.78 is 5.65. The minimum Gasteiger partial charge on any atom is -0.377 e. The van der Waals surface area contributed by atoms with Gasteiger partial charge in [-0.3, -0.25) is 0 Å². The average Bonchev–Trinajstić information content (AvgIpc) is 2.92. The molecule has 0 spiro atoms. The van der Waals surface area contributed by atoms with Gasteiger partial charge in [0.15, 0.2) is 0 Å². The lowest BCUT2D eigenvalue weighted by Crippen LogP contribution is -2.47. The van der Waals surface area contributed by atoms with Gasteiger partial charge in [0.2, 0.25) is 0 Å². The molecule has 2 N–H and O–H groups in total. The molecule has 2 heterocycles. The highest BCUT2D eigenvalue weighted by atomic mass is 35.5. The molecule has 0 bridgehead atoms. The maximum absolute atomic E-state index is 6.00. The van der Waals surface area contributed by atoms with Gasteiger partial charge in [-0.2, -0.15) is 0 Å². The number of rotatable bonds is 3. The quantitative estimate of drug-likeness (QED) is 0.902. The Balaban J connectivity index is 1.79. The number of ether oxygens (including phenoxy) is 1. The molecule has 2 aromatic rings. The van der Waals surface area contributed by atoms with Gasteiger partial charge in [-0.25, -0.2) is 0 Å². The molecule has 1 aromatic heterocycles. The van der Waals surface area contributed by atoms with Crippen LogP contribution in [-0.2, 0) is 11.3 Å². The topological polar surface area (TPSA) is 37.0 Å². The first-order valence-corrected chi connectivity index (χ1v) is 7.08. The van der Waals surface area contributed by atoms with Crippen molar-refractivity contribution in [2.24, 2.45) is 0 Å². The van der Waals surface area contributed by atoms with E-state index < -0.39 is 0 Å². The van der Waals surface area contributed by atoms with Crippen LogP contribution in [0.1, 0.15) is 25.8 Å². The van der Waals surface area contributed by atoms with E-state index in [1.54, 1.807) is 0 Å². The smallest absolute Gasteiger partial charge is 0.0726 e. The molecule has 102 valence electrons. The van der Waals surface area contributed by atoms with E-state index in [4.69, 9.17) is 16.3 Å². The molecule has 0 saturated carbocycles. The lowest BCUT2D eigenvalue weighted by Gasteiger charge is -2.29. The van der Waals surface area contributed by atoms with Crippen LogP contribution in [0.15, 0.2) is 24.4 Å². The Morgan fingerprint density at radius 1 is 1.53 bits per heavy atom. The first-order valence-electron chi connectivity index (χ1n) is 6.71. The Morgan fingerprint density at radius 2 is 2.37 bits per heavy atom. The number of nitrogens with one attached hydrogen (secondary N) is 2. The summed E-state index contributed by atoms with van der Waals surface area (Å²) in [5.41, 5.74) is 2.42. The van der Waals surface area contributed by atoms with Crippen LogP contribution in [0.4, 0.5) is 0 Å². The first-order chi connectivity index (χ1) is 9.08. The van der Waals surface area contributed by atoms with Crippen molar-refractivity contribution in [3.63, 3.8) is 0 Å². The molecule has 0 aliphatic carbocycles. The Labute approximate surface area is 118 Å². The number of halogens is 1. The largest absolute Gasteiger partial charge is 0.377 e. The van der Waals surface area contributed by atoms with Crippen LogP contribution in [0, 0.1) is 0 Å². The van der Waals surface area contributed by atoms with Gasteiger partial charge >= 0.3 is 0 Å². The molecule has 3 nitrogen and oxygen atoms in total. The molecule has 1 aromatic carbocycles. The van der Waals surface area contributed by atoms with Crippen LogP contribution in [0.5, 0.6) is 0 Å². The van der Waals surface area contributed by atoms with E-state index in [1.165, 1.54) is 10.9 Å². The number of hydrogen-bond acceptors (Lipinski definition) is 2. The third-order valence-electron chi connectivity index (χ3n) is 4.30. The zero-order valence-corrected chi connectivity index (χ0v) is 12.1. The summed E-state index contributed by atoms with van der Waals surface area (Å²) in [6.07, 6.45) is 3.37. The van der Waals surface area contributed by atoms with Crippen LogP contribution in [0.25, 0.3) is 10.9 Å². The van der Waals surface area contributed by atoms with E-state index in [1.807, 2.05) is 12.1 Å². The van der Waals surface area contributed by atoms with Gasteiger partial charge in [-0.15, -0.1) is 0 Å². The predicted molar refractivity (Wildman–Crippen MR) is 78.6 cm³/mol. The van der Waals surface area contributed by atoms with Crippen molar-refractivity contribution in [2.75, 3.05) is 6.61 Å². The Kier molecular flexibility index (Phi) is 3.29. The van der Waals surface area contributed by atoms with Crippen molar-refractivity contribution in [2.45, 2.75) is 38.5 Å². The minimum absolute atomic E-state index is 0.0655. The molecular weight excluding hydrogens is 260 g/mol. The van der Waals surface area contributed by atoms with Crippen molar-refractivity contribution in [3.05, 3.63) is 35.0 Å². The average molecular weight is 279 g/mol. The molecule has 1 saturated heterocycles. The summed E-state index contributed by atoms with van der Waals surface area (Å²) >= 11 is 6.00. The maximum atomic E-state index is 6.00. The molecule has 2 unspecified atom stereocenters. The summed E-state index contributed by atoms with van der Waals surface area (Å²) in [5, 5.41) is 5.63. The molecule has 0 amide bonds. The third kappa shape index (κ3) is 2.38. The van der Waals surface area contributed by atoms with E-state index in [-0.39, 0.29) is 11.6 Å². The Hall–Kier alpha value is -1.03. The molecule has 3 rings (SSSR count). The van der Waals surface area contributed by atoms with Gasteiger partial charge in [0, 0.05) is 40.8 Å². The van der Waals surface area contributed by atoms with Crippen LogP contribution >= 0.6 is 11.6 Å². The van der Waals surface area contributed by atoms with Crippen LogP contribution in [0.3, 0.4) is 0 Å². The van der Waals surface area contributed by atoms with Crippen LogP contribution < -0.4 is 5.32 Å². The number of H-pyrrole nitrogens is 1. The summed E-state index contributed by atoms with van der Waals surface area (Å²) in [6.45, 7) is 6.05. The highest BCUT2D eigenvalue weighted by molar-refractivity contribution is 6.31. The van der Waals surface area contributed by atoms with E-state index in [2.05, 4.69) is 36.4 Å². The second-order valence-electron chi connectivity index (χ2n) is 5.54. The number of benzene rings is 1. The molecule has 1 aliphatic rings. The number of hydrogen-bond donors (Lipinski definition) is 2. The Morgan fingerprint density at radius 3 is 3.11 bits per heavy atom. The van der Waals surface area contributed by atoms with Crippen molar-refractivity contribution in [1.82, 2.24) is 10.3 Å². The van der Waals surface area contributed by atoms with E-state index in [0.717, 1.165) is 30.1 Å². The fourth-order valence-corrected chi connectivity index (χ4v) is 2.84. The van der Waals surface area contributed by atoms with Crippen molar-refractivity contribution < 1.29 is 4.74 Å². The number of fused-ring (bicyclic) bond motifs is 1. The van der Waals surface area contributed by atoms with Gasteiger partial charge in [-0.05, 0) is 38.0 Å². The fraction of sp³-hybridized carbons (Fsp3) is 0.467. The van der Waals surface area contributed by atoms with Gasteiger partial charge in [0.25, 0.3) is 0 Å². The zero-order chi connectivity index (χ0) is 13.5. The van der Waals surface area contributed by atoms with Gasteiger partial charge < -0.3 is 15.0 Å². The van der Waals surface area contributed by atoms with Crippen LogP contribution in [0.2, 0.25) is 5.02 Å². The molecule has 1 aliphatic heterocycles. The molecule has 1 fully saturated rings. The molecular formula is C15H19ClN2O. The zero-order valence-electron chi connectivity index (χ0n) is 11.3. The van der Waals surface area contributed by atoms with Gasteiger partial charge in [0.1, 0.15) is 0 Å². The van der Waals surface area contributed by atoms with Gasteiger partial charge in [-0.1, -0.05) is 17.7 Å². The number of aromatic amines is 1. The standard InChI is InChI=1S/C15H19ClN2O/c1-10-15(2,5-6-19-10)18-9-11-8-17-14-7-12(16)3-4-13(11)14/h3-4,7-8,10,17-18H,5-6,9H2,1-2H3. The Bertz CT molecular complexity index is 595. The van der Waals surface area contributed by atoms with E-state index in [0.29, 0.717) is 0 Å². The second-order valence-corrected chi connectivity index (χ2v) is 5.97.